The predicted molar refractivity (Wildman–Crippen MR) is 91.3 cm³/mol. The molecule has 3 N–H and O–H groups in total. The zero-order chi connectivity index (χ0) is 16.4. The second-order valence-electron chi connectivity index (χ2n) is 5.37. The van der Waals surface area contributed by atoms with Crippen molar-refractivity contribution in [1.29, 1.82) is 0 Å². The van der Waals surface area contributed by atoms with Crippen LogP contribution in [0.1, 0.15) is 51.5 Å². The van der Waals surface area contributed by atoms with Gasteiger partial charge in [-0.25, -0.2) is 4.79 Å². The number of carbonyl (C=O) groups is 2. The third kappa shape index (κ3) is 6.61. The predicted octanol–water partition coefficient (Wildman–Crippen LogP) is 4.05. The standard InChI is InChI=1S/C17H27N3O2/c1-4-6-7-8-11-18-17(22)20-15-12-14(10-9-13(15)3)19-16(21)5-2/h9-10,12H,4-8,11H2,1-3H3,(H,19,21)(H2,18,20,22). The van der Waals surface area contributed by atoms with Crippen LogP contribution in [-0.4, -0.2) is 18.5 Å². The second-order valence-corrected chi connectivity index (χ2v) is 5.37. The third-order valence-electron chi connectivity index (χ3n) is 3.41. The van der Waals surface area contributed by atoms with E-state index in [1.165, 1.54) is 12.8 Å². The molecule has 1 rings (SSSR count). The van der Waals surface area contributed by atoms with Gasteiger partial charge >= 0.3 is 6.03 Å². The van der Waals surface area contributed by atoms with Gasteiger partial charge in [-0.1, -0.05) is 39.2 Å². The van der Waals surface area contributed by atoms with Crippen LogP contribution in [0.4, 0.5) is 16.2 Å². The maximum absolute atomic E-state index is 11.9. The smallest absolute Gasteiger partial charge is 0.319 e. The van der Waals surface area contributed by atoms with Crippen LogP contribution in [0.25, 0.3) is 0 Å². The van der Waals surface area contributed by atoms with Crippen LogP contribution in [0.2, 0.25) is 0 Å². The summed E-state index contributed by atoms with van der Waals surface area (Å²) >= 11 is 0. The lowest BCUT2D eigenvalue weighted by Crippen LogP contribution is -2.29. The molecule has 0 saturated heterocycles. The lowest BCUT2D eigenvalue weighted by molar-refractivity contribution is -0.115. The zero-order valence-corrected chi connectivity index (χ0v) is 13.8. The number of hydrogen-bond acceptors (Lipinski definition) is 2. The van der Waals surface area contributed by atoms with Gasteiger partial charge in [-0.05, 0) is 31.0 Å². The topological polar surface area (TPSA) is 70.2 Å². The highest BCUT2D eigenvalue weighted by molar-refractivity contribution is 5.94. The molecular formula is C17H27N3O2. The molecule has 122 valence electrons. The van der Waals surface area contributed by atoms with Crippen molar-refractivity contribution in [2.75, 3.05) is 17.2 Å². The summed E-state index contributed by atoms with van der Waals surface area (Å²) in [5, 5.41) is 8.47. The highest BCUT2D eigenvalue weighted by Crippen LogP contribution is 2.20. The van der Waals surface area contributed by atoms with Crippen molar-refractivity contribution < 1.29 is 9.59 Å². The van der Waals surface area contributed by atoms with E-state index in [-0.39, 0.29) is 11.9 Å². The largest absolute Gasteiger partial charge is 0.338 e. The van der Waals surface area contributed by atoms with Gasteiger partial charge in [0.15, 0.2) is 0 Å². The molecule has 0 saturated carbocycles. The Morgan fingerprint density at radius 3 is 2.50 bits per heavy atom. The summed E-state index contributed by atoms with van der Waals surface area (Å²) in [7, 11) is 0. The summed E-state index contributed by atoms with van der Waals surface area (Å²) in [4.78, 5) is 23.3. The van der Waals surface area contributed by atoms with Crippen molar-refractivity contribution >= 4 is 23.3 Å². The lowest BCUT2D eigenvalue weighted by Gasteiger charge is -2.12. The minimum absolute atomic E-state index is 0.0461. The molecule has 0 spiro atoms. The number of carbonyl (C=O) groups excluding carboxylic acids is 2. The van der Waals surface area contributed by atoms with Gasteiger partial charge in [0.1, 0.15) is 0 Å². The first kappa shape index (κ1) is 18.0. The van der Waals surface area contributed by atoms with Crippen molar-refractivity contribution in [1.82, 2.24) is 5.32 Å². The van der Waals surface area contributed by atoms with E-state index >= 15 is 0 Å². The van der Waals surface area contributed by atoms with Gasteiger partial charge in [0.25, 0.3) is 0 Å². The van der Waals surface area contributed by atoms with Gasteiger partial charge in [-0.2, -0.15) is 0 Å². The van der Waals surface area contributed by atoms with Crippen LogP contribution in [0.15, 0.2) is 18.2 Å². The number of rotatable bonds is 8. The summed E-state index contributed by atoms with van der Waals surface area (Å²) in [5.74, 6) is -0.0461. The summed E-state index contributed by atoms with van der Waals surface area (Å²) in [5.41, 5.74) is 2.35. The van der Waals surface area contributed by atoms with Crippen LogP contribution in [-0.2, 0) is 4.79 Å². The molecule has 5 heteroatoms. The molecule has 0 bridgehead atoms. The molecule has 0 aliphatic carbocycles. The Hall–Kier alpha value is -2.04. The first-order chi connectivity index (χ1) is 10.6. The monoisotopic (exact) mass is 305 g/mol. The number of amides is 3. The van der Waals surface area contributed by atoms with E-state index in [1.807, 2.05) is 19.1 Å². The highest BCUT2D eigenvalue weighted by Gasteiger charge is 2.06. The fourth-order valence-electron chi connectivity index (χ4n) is 2.00. The highest BCUT2D eigenvalue weighted by atomic mass is 16.2. The van der Waals surface area contributed by atoms with Crippen LogP contribution < -0.4 is 16.0 Å². The molecule has 5 nitrogen and oxygen atoms in total. The van der Waals surface area contributed by atoms with Crippen molar-refractivity contribution in [3.63, 3.8) is 0 Å². The average Bonchev–Trinajstić information content (AvgIpc) is 2.50. The summed E-state index contributed by atoms with van der Waals surface area (Å²) in [6.45, 7) is 6.56. The van der Waals surface area contributed by atoms with Gasteiger partial charge in [0, 0.05) is 24.3 Å². The third-order valence-corrected chi connectivity index (χ3v) is 3.41. The number of benzene rings is 1. The zero-order valence-electron chi connectivity index (χ0n) is 13.8. The summed E-state index contributed by atoms with van der Waals surface area (Å²) in [6.07, 6.45) is 4.93. The lowest BCUT2D eigenvalue weighted by atomic mass is 10.1. The normalized spacial score (nSPS) is 10.1. The molecule has 22 heavy (non-hydrogen) atoms. The number of aryl methyl sites for hydroxylation is 1. The van der Waals surface area contributed by atoms with Gasteiger partial charge < -0.3 is 16.0 Å². The molecule has 0 aliphatic rings. The van der Waals surface area contributed by atoms with E-state index in [2.05, 4.69) is 22.9 Å². The number of urea groups is 1. The van der Waals surface area contributed by atoms with E-state index < -0.39 is 0 Å². The number of nitrogens with one attached hydrogen (secondary N) is 3. The number of unbranched alkanes of at least 4 members (excludes halogenated alkanes) is 3. The van der Waals surface area contributed by atoms with Crippen molar-refractivity contribution in [2.45, 2.75) is 52.9 Å². The van der Waals surface area contributed by atoms with Gasteiger partial charge in [0.05, 0.1) is 0 Å². The molecule has 3 amide bonds. The van der Waals surface area contributed by atoms with Gasteiger partial charge in [-0.15, -0.1) is 0 Å². The molecule has 0 aliphatic heterocycles. The Morgan fingerprint density at radius 1 is 1.05 bits per heavy atom. The Morgan fingerprint density at radius 2 is 1.82 bits per heavy atom. The van der Waals surface area contributed by atoms with E-state index in [4.69, 9.17) is 0 Å². The molecular weight excluding hydrogens is 278 g/mol. The van der Waals surface area contributed by atoms with Gasteiger partial charge in [0.2, 0.25) is 5.91 Å². The number of anilines is 2. The molecule has 0 heterocycles. The molecule has 1 aromatic rings. The van der Waals surface area contributed by atoms with Gasteiger partial charge in [-0.3, -0.25) is 4.79 Å². The van der Waals surface area contributed by atoms with Crippen molar-refractivity contribution in [2.24, 2.45) is 0 Å². The Labute approximate surface area is 132 Å². The van der Waals surface area contributed by atoms with Crippen LogP contribution in [0, 0.1) is 6.92 Å². The maximum Gasteiger partial charge on any atom is 0.319 e. The second kappa shape index (κ2) is 9.82. The average molecular weight is 305 g/mol. The van der Waals surface area contributed by atoms with E-state index in [0.717, 1.165) is 18.4 Å². The van der Waals surface area contributed by atoms with Crippen LogP contribution in [0.3, 0.4) is 0 Å². The fourth-order valence-corrected chi connectivity index (χ4v) is 2.00. The Bertz CT molecular complexity index is 501. The SMILES string of the molecule is CCCCCCNC(=O)Nc1cc(NC(=O)CC)ccc1C. The van der Waals surface area contributed by atoms with E-state index in [9.17, 15) is 9.59 Å². The first-order valence-corrected chi connectivity index (χ1v) is 8.02. The Balaban J connectivity index is 2.51. The van der Waals surface area contributed by atoms with Crippen LogP contribution in [0.5, 0.6) is 0 Å². The molecule has 0 atom stereocenters. The molecule has 0 unspecified atom stereocenters. The fraction of sp³-hybridized carbons (Fsp3) is 0.529. The molecule has 0 aromatic heterocycles. The minimum Gasteiger partial charge on any atom is -0.338 e. The molecule has 0 radical (unpaired) electrons. The summed E-state index contributed by atoms with van der Waals surface area (Å²) < 4.78 is 0. The van der Waals surface area contributed by atoms with E-state index in [1.54, 1.807) is 13.0 Å². The van der Waals surface area contributed by atoms with E-state index in [0.29, 0.717) is 24.3 Å². The van der Waals surface area contributed by atoms with Crippen molar-refractivity contribution in [3.05, 3.63) is 23.8 Å². The molecule has 1 aromatic carbocycles. The quantitative estimate of drug-likeness (QED) is 0.634. The van der Waals surface area contributed by atoms with Crippen LogP contribution >= 0.6 is 0 Å². The maximum atomic E-state index is 11.9. The van der Waals surface area contributed by atoms with Crippen molar-refractivity contribution in [3.8, 4) is 0 Å². The first-order valence-electron chi connectivity index (χ1n) is 8.02. The molecule has 0 fully saturated rings. The Kier molecular flexibility index (Phi) is 8.04. The number of hydrogen-bond donors (Lipinski definition) is 3. The summed E-state index contributed by atoms with van der Waals surface area (Å²) in [6, 6.07) is 5.27. The minimum atomic E-state index is -0.210.